The first-order valence-corrected chi connectivity index (χ1v) is 5.69. The lowest BCUT2D eigenvalue weighted by atomic mass is 10.1. The molecule has 94 valence electrons. The molecule has 1 aromatic carbocycles. The first-order chi connectivity index (χ1) is 8.15. The molecular weight excluding hydrogens is 218 g/mol. The highest BCUT2D eigenvalue weighted by atomic mass is 16.5. The van der Waals surface area contributed by atoms with Gasteiger partial charge in [0, 0.05) is 12.1 Å². The van der Waals surface area contributed by atoms with Crippen molar-refractivity contribution >= 4 is 5.91 Å². The summed E-state index contributed by atoms with van der Waals surface area (Å²) in [4.78, 5) is 11.8. The van der Waals surface area contributed by atoms with Gasteiger partial charge in [0.15, 0.2) is 0 Å². The zero-order valence-electron chi connectivity index (χ0n) is 10.3. The number of aliphatic hydroxyl groups excluding tert-OH is 1. The number of hydrogen-bond acceptors (Lipinski definition) is 3. The van der Waals surface area contributed by atoms with Crippen molar-refractivity contribution in [2.75, 3.05) is 26.4 Å². The molecule has 0 aliphatic heterocycles. The number of amides is 1. The van der Waals surface area contributed by atoms with Crippen LogP contribution in [0.15, 0.2) is 18.2 Å². The second-order valence-electron chi connectivity index (χ2n) is 3.91. The third kappa shape index (κ3) is 4.54. The molecule has 17 heavy (non-hydrogen) atoms. The van der Waals surface area contributed by atoms with E-state index in [1.807, 2.05) is 32.0 Å². The highest BCUT2D eigenvalue weighted by molar-refractivity contribution is 5.95. The maximum absolute atomic E-state index is 11.8. The molecule has 0 spiro atoms. The fourth-order valence-corrected chi connectivity index (χ4v) is 1.57. The molecule has 0 bridgehead atoms. The van der Waals surface area contributed by atoms with E-state index >= 15 is 0 Å². The fourth-order valence-electron chi connectivity index (χ4n) is 1.57. The molecule has 2 N–H and O–H groups in total. The van der Waals surface area contributed by atoms with E-state index in [1.54, 1.807) is 0 Å². The van der Waals surface area contributed by atoms with Gasteiger partial charge < -0.3 is 15.2 Å². The first kappa shape index (κ1) is 13.7. The van der Waals surface area contributed by atoms with Crippen molar-refractivity contribution in [2.45, 2.75) is 13.8 Å². The van der Waals surface area contributed by atoms with Crippen LogP contribution in [-0.4, -0.2) is 37.4 Å². The van der Waals surface area contributed by atoms with Crippen molar-refractivity contribution in [1.82, 2.24) is 5.32 Å². The van der Waals surface area contributed by atoms with Crippen LogP contribution in [0.3, 0.4) is 0 Å². The third-order valence-corrected chi connectivity index (χ3v) is 2.39. The average Bonchev–Trinajstić information content (AvgIpc) is 2.28. The molecule has 0 aliphatic rings. The van der Waals surface area contributed by atoms with Gasteiger partial charge in [-0.3, -0.25) is 4.79 Å². The number of ether oxygens (including phenoxy) is 1. The van der Waals surface area contributed by atoms with Crippen molar-refractivity contribution in [3.05, 3.63) is 34.9 Å². The Morgan fingerprint density at radius 2 is 2.12 bits per heavy atom. The van der Waals surface area contributed by atoms with Gasteiger partial charge >= 0.3 is 0 Å². The van der Waals surface area contributed by atoms with Crippen LogP contribution in [0.25, 0.3) is 0 Å². The van der Waals surface area contributed by atoms with Crippen LogP contribution in [0, 0.1) is 13.8 Å². The Morgan fingerprint density at radius 3 is 2.76 bits per heavy atom. The van der Waals surface area contributed by atoms with E-state index in [1.165, 1.54) is 0 Å². The normalized spacial score (nSPS) is 10.3. The highest BCUT2D eigenvalue weighted by Crippen LogP contribution is 2.09. The summed E-state index contributed by atoms with van der Waals surface area (Å²) in [6, 6.07) is 5.73. The second-order valence-corrected chi connectivity index (χ2v) is 3.91. The van der Waals surface area contributed by atoms with E-state index in [2.05, 4.69) is 5.32 Å². The van der Waals surface area contributed by atoms with E-state index in [-0.39, 0.29) is 12.5 Å². The minimum Gasteiger partial charge on any atom is -0.394 e. The van der Waals surface area contributed by atoms with Gasteiger partial charge in [-0.25, -0.2) is 0 Å². The molecule has 0 aliphatic carbocycles. The number of rotatable bonds is 6. The molecule has 0 radical (unpaired) electrons. The van der Waals surface area contributed by atoms with E-state index < -0.39 is 0 Å². The molecule has 0 aromatic heterocycles. The predicted octanol–water partition coefficient (Wildman–Crippen LogP) is 1.04. The molecule has 0 saturated carbocycles. The van der Waals surface area contributed by atoms with Crippen LogP contribution in [0.1, 0.15) is 21.5 Å². The van der Waals surface area contributed by atoms with E-state index in [0.717, 1.165) is 11.1 Å². The van der Waals surface area contributed by atoms with Crippen LogP contribution >= 0.6 is 0 Å². The maximum atomic E-state index is 11.8. The van der Waals surface area contributed by atoms with Crippen molar-refractivity contribution in [3.63, 3.8) is 0 Å². The molecule has 4 heteroatoms. The number of aliphatic hydroxyl groups is 1. The van der Waals surface area contributed by atoms with Crippen molar-refractivity contribution < 1.29 is 14.6 Å². The largest absolute Gasteiger partial charge is 0.394 e. The number of nitrogens with one attached hydrogen (secondary N) is 1. The van der Waals surface area contributed by atoms with Gasteiger partial charge in [0.1, 0.15) is 0 Å². The topological polar surface area (TPSA) is 58.6 Å². The Bertz CT molecular complexity index is 377. The van der Waals surface area contributed by atoms with E-state index in [0.29, 0.717) is 25.3 Å². The molecule has 1 aromatic rings. The lowest BCUT2D eigenvalue weighted by molar-refractivity contribution is 0.0837. The zero-order valence-corrected chi connectivity index (χ0v) is 10.3. The standard InChI is InChI=1S/C13H19NO3/c1-10-3-4-12(11(2)9-10)13(16)14-5-7-17-8-6-15/h3-4,9,15H,5-8H2,1-2H3,(H,14,16). The van der Waals surface area contributed by atoms with Crippen LogP contribution in [0.2, 0.25) is 0 Å². The summed E-state index contributed by atoms with van der Waals surface area (Å²) in [5.41, 5.74) is 2.81. The zero-order chi connectivity index (χ0) is 12.7. The SMILES string of the molecule is Cc1ccc(C(=O)NCCOCCO)c(C)c1. The van der Waals surface area contributed by atoms with Crippen molar-refractivity contribution in [1.29, 1.82) is 0 Å². The minimum atomic E-state index is -0.0879. The average molecular weight is 237 g/mol. The summed E-state index contributed by atoms with van der Waals surface area (Å²) in [7, 11) is 0. The molecule has 0 unspecified atom stereocenters. The quantitative estimate of drug-likeness (QED) is 0.727. The van der Waals surface area contributed by atoms with Gasteiger partial charge in [-0.05, 0) is 25.5 Å². The molecular formula is C13H19NO3. The Morgan fingerprint density at radius 1 is 1.35 bits per heavy atom. The van der Waals surface area contributed by atoms with Gasteiger partial charge in [-0.15, -0.1) is 0 Å². The number of aryl methyl sites for hydroxylation is 2. The molecule has 0 atom stereocenters. The molecule has 0 fully saturated rings. The second kappa shape index (κ2) is 7.04. The number of carbonyl (C=O) groups excluding carboxylic acids is 1. The van der Waals surface area contributed by atoms with E-state index in [4.69, 9.17) is 9.84 Å². The summed E-state index contributed by atoms with van der Waals surface area (Å²) >= 11 is 0. The number of carbonyl (C=O) groups is 1. The Kier molecular flexibility index (Phi) is 5.66. The smallest absolute Gasteiger partial charge is 0.251 e. The lowest BCUT2D eigenvalue weighted by Gasteiger charge is -2.08. The van der Waals surface area contributed by atoms with Crippen molar-refractivity contribution in [2.24, 2.45) is 0 Å². The molecule has 1 rings (SSSR count). The predicted molar refractivity (Wildman–Crippen MR) is 66.2 cm³/mol. The summed E-state index contributed by atoms with van der Waals surface area (Å²) < 4.78 is 5.05. The first-order valence-electron chi connectivity index (χ1n) is 5.69. The summed E-state index contributed by atoms with van der Waals surface area (Å²) in [5.74, 6) is -0.0879. The van der Waals surface area contributed by atoms with Crippen molar-refractivity contribution in [3.8, 4) is 0 Å². The van der Waals surface area contributed by atoms with Crippen LogP contribution in [0.5, 0.6) is 0 Å². The number of hydrogen-bond donors (Lipinski definition) is 2. The summed E-state index contributed by atoms with van der Waals surface area (Å²) in [6.07, 6.45) is 0. The molecule has 4 nitrogen and oxygen atoms in total. The van der Waals surface area contributed by atoms with E-state index in [9.17, 15) is 4.79 Å². The van der Waals surface area contributed by atoms with Gasteiger partial charge in [-0.2, -0.15) is 0 Å². The highest BCUT2D eigenvalue weighted by Gasteiger charge is 2.07. The molecule has 0 saturated heterocycles. The fraction of sp³-hybridized carbons (Fsp3) is 0.462. The van der Waals surface area contributed by atoms with Crippen LogP contribution in [-0.2, 0) is 4.74 Å². The van der Waals surface area contributed by atoms with Crippen LogP contribution in [0.4, 0.5) is 0 Å². The Hall–Kier alpha value is -1.39. The summed E-state index contributed by atoms with van der Waals surface area (Å²) in [6.45, 7) is 5.09. The Balaban J connectivity index is 2.42. The van der Waals surface area contributed by atoms with Gasteiger partial charge in [-0.1, -0.05) is 17.7 Å². The number of benzene rings is 1. The third-order valence-electron chi connectivity index (χ3n) is 2.39. The van der Waals surface area contributed by atoms with Gasteiger partial charge in [0.2, 0.25) is 0 Å². The Labute approximate surface area is 102 Å². The van der Waals surface area contributed by atoms with Gasteiger partial charge in [0.05, 0.1) is 19.8 Å². The minimum absolute atomic E-state index is 0.00498. The molecule has 0 heterocycles. The lowest BCUT2D eigenvalue weighted by Crippen LogP contribution is -2.28. The monoisotopic (exact) mass is 237 g/mol. The molecule has 1 amide bonds. The summed E-state index contributed by atoms with van der Waals surface area (Å²) in [5, 5.41) is 11.3. The van der Waals surface area contributed by atoms with Crippen LogP contribution < -0.4 is 5.32 Å². The maximum Gasteiger partial charge on any atom is 0.251 e. The van der Waals surface area contributed by atoms with Gasteiger partial charge in [0.25, 0.3) is 5.91 Å².